The van der Waals surface area contributed by atoms with Crippen molar-refractivity contribution >= 4 is 0 Å². The Morgan fingerprint density at radius 2 is 1.89 bits per heavy atom. The third-order valence-corrected chi connectivity index (χ3v) is 5.66. The standard InChI is InChI=1S/C22H25F4NO/c1-3-14-5-9-19(27-13-14)17-7-6-16(20(23)21(17)24)18-8-4-15(10-11-28-2)12-22(18,25)26/h5-7,9,13,15,18H,3-4,8,10-12H2,1-2H3. The van der Waals surface area contributed by atoms with Crippen LogP contribution in [0, 0.1) is 17.6 Å². The van der Waals surface area contributed by atoms with Crippen molar-refractivity contribution in [1.29, 1.82) is 0 Å². The zero-order valence-corrected chi connectivity index (χ0v) is 16.2. The Hall–Kier alpha value is -1.95. The molecule has 0 radical (unpaired) electrons. The predicted molar refractivity (Wildman–Crippen MR) is 100 cm³/mol. The molecule has 1 aromatic heterocycles. The normalized spacial score (nSPS) is 21.6. The second kappa shape index (κ2) is 8.60. The number of nitrogens with zero attached hydrogens (tertiary/aromatic N) is 1. The molecule has 6 heteroatoms. The molecule has 0 bridgehead atoms. The molecule has 28 heavy (non-hydrogen) atoms. The zero-order valence-electron chi connectivity index (χ0n) is 16.2. The molecule has 1 heterocycles. The number of aryl methyl sites for hydroxylation is 1. The van der Waals surface area contributed by atoms with Gasteiger partial charge in [-0.3, -0.25) is 4.98 Å². The van der Waals surface area contributed by atoms with E-state index < -0.39 is 23.5 Å². The maximum absolute atomic E-state index is 14.8. The Kier molecular flexibility index (Phi) is 6.38. The Labute approximate surface area is 162 Å². The smallest absolute Gasteiger partial charge is 0.255 e. The van der Waals surface area contributed by atoms with E-state index in [1.54, 1.807) is 18.3 Å². The molecule has 2 unspecified atom stereocenters. The van der Waals surface area contributed by atoms with Gasteiger partial charge in [0.05, 0.1) is 11.6 Å². The number of pyridine rings is 1. The SMILES string of the molecule is CCc1ccc(-c2ccc(C3CCC(CCOC)CC3(F)F)c(F)c2F)nc1. The fourth-order valence-corrected chi connectivity index (χ4v) is 3.98. The van der Waals surface area contributed by atoms with Gasteiger partial charge >= 0.3 is 0 Å². The van der Waals surface area contributed by atoms with Crippen molar-refractivity contribution in [3.63, 3.8) is 0 Å². The summed E-state index contributed by atoms with van der Waals surface area (Å²) in [6.45, 7) is 2.39. The number of halogens is 4. The van der Waals surface area contributed by atoms with Gasteiger partial charge in [0.25, 0.3) is 5.92 Å². The number of rotatable bonds is 6. The van der Waals surface area contributed by atoms with Crippen molar-refractivity contribution in [3.8, 4) is 11.3 Å². The van der Waals surface area contributed by atoms with Crippen LogP contribution in [-0.4, -0.2) is 24.6 Å². The number of alkyl halides is 2. The van der Waals surface area contributed by atoms with Gasteiger partial charge in [-0.25, -0.2) is 17.6 Å². The van der Waals surface area contributed by atoms with E-state index in [1.807, 2.05) is 6.92 Å². The van der Waals surface area contributed by atoms with Crippen LogP contribution in [0.3, 0.4) is 0 Å². The Balaban J connectivity index is 1.86. The summed E-state index contributed by atoms with van der Waals surface area (Å²) < 4.78 is 63.9. The van der Waals surface area contributed by atoms with E-state index in [1.165, 1.54) is 19.2 Å². The van der Waals surface area contributed by atoms with E-state index in [-0.39, 0.29) is 35.6 Å². The minimum atomic E-state index is -3.08. The van der Waals surface area contributed by atoms with Crippen molar-refractivity contribution in [2.75, 3.05) is 13.7 Å². The van der Waals surface area contributed by atoms with Gasteiger partial charge in [0, 0.05) is 31.9 Å². The lowest BCUT2D eigenvalue weighted by Crippen LogP contribution is -2.35. The molecule has 0 amide bonds. The average molecular weight is 395 g/mol. The van der Waals surface area contributed by atoms with Gasteiger partial charge in [-0.05, 0) is 54.9 Å². The van der Waals surface area contributed by atoms with Gasteiger partial charge in [-0.1, -0.05) is 19.1 Å². The zero-order chi connectivity index (χ0) is 20.3. The maximum Gasteiger partial charge on any atom is 0.255 e. The molecular formula is C22H25F4NO. The van der Waals surface area contributed by atoms with Crippen molar-refractivity contribution in [2.24, 2.45) is 5.92 Å². The van der Waals surface area contributed by atoms with Gasteiger partial charge in [0.1, 0.15) is 0 Å². The molecule has 1 fully saturated rings. The summed E-state index contributed by atoms with van der Waals surface area (Å²) in [5.41, 5.74) is 1.00. The highest BCUT2D eigenvalue weighted by atomic mass is 19.3. The minimum Gasteiger partial charge on any atom is -0.385 e. The molecule has 0 aliphatic heterocycles. The molecular weight excluding hydrogens is 370 g/mol. The summed E-state index contributed by atoms with van der Waals surface area (Å²) in [6.07, 6.45) is 3.28. The largest absolute Gasteiger partial charge is 0.385 e. The van der Waals surface area contributed by atoms with Crippen molar-refractivity contribution in [3.05, 3.63) is 53.2 Å². The summed E-state index contributed by atoms with van der Waals surface area (Å²) >= 11 is 0. The van der Waals surface area contributed by atoms with E-state index in [0.717, 1.165) is 12.0 Å². The van der Waals surface area contributed by atoms with E-state index in [0.29, 0.717) is 19.4 Å². The number of methoxy groups -OCH3 is 1. The van der Waals surface area contributed by atoms with Crippen molar-refractivity contribution in [1.82, 2.24) is 4.98 Å². The fourth-order valence-electron chi connectivity index (χ4n) is 3.98. The second-order valence-corrected chi connectivity index (χ2v) is 7.48. The van der Waals surface area contributed by atoms with E-state index in [4.69, 9.17) is 4.74 Å². The van der Waals surface area contributed by atoms with Crippen LogP contribution >= 0.6 is 0 Å². The van der Waals surface area contributed by atoms with Crippen LogP contribution in [0.5, 0.6) is 0 Å². The number of aromatic nitrogens is 1. The summed E-state index contributed by atoms with van der Waals surface area (Å²) in [4.78, 5) is 4.16. The first-order valence-corrected chi connectivity index (χ1v) is 9.67. The molecule has 3 rings (SSSR count). The van der Waals surface area contributed by atoms with Crippen LogP contribution in [0.2, 0.25) is 0 Å². The summed E-state index contributed by atoms with van der Waals surface area (Å²) in [5, 5.41) is 0. The third-order valence-electron chi connectivity index (χ3n) is 5.66. The topological polar surface area (TPSA) is 22.1 Å². The van der Waals surface area contributed by atoms with Crippen LogP contribution in [-0.2, 0) is 11.2 Å². The minimum absolute atomic E-state index is 0.0130. The Morgan fingerprint density at radius 3 is 2.50 bits per heavy atom. The van der Waals surface area contributed by atoms with Crippen LogP contribution in [0.15, 0.2) is 30.5 Å². The van der Waals surface area contributed by atoms with Crippen molar-refractivity contribution in [2.45, 2.75) is 50.9 Å². The summed E-state index contributed by atoms with van der Waals surface area (Å²) in [5.74, 6) is -6.87. The number of ether oxygens (including phenoxy) is 1. The summed E-state index contributed by atoms with van der Waals surface area (Å²) in [7, 11) is 1.54. The van der Waals surface area contributed by atoms with E-state index in [9.17, 15) is 17.6 Å². The molecule has 2 atom stereocenters. The molecule has 1 saturated carbocycles. The molecule has 1 aliphatic carbocycles. The maximum atomic E-state index is 14.8. The first kappa shape index (κ1) is 20.8. The highest BCUT2D eigenvalue weighted by Gasteiger charge is 2.47. The second-order valence-electron chi connectivity index (χ2n) is 7.48. The number of benzene rings is 1. The lowest BCUT2D eigenvalue weighted by atomic mass is 9.74. The summed E-state index contributed by atoms with van der Waals surface area (Å²) in [6, 6.07) is 6.06. The lowest BCUT2D eigenvalue weighted by molar-refractivity contribution is -0.0765. The van der Waals surface area contributed by atoms with Crippen LogP contribution in [0.25, 0.3) is 11.3 Å². The van der Waals surface area contributed by atoms with Crippen LogP contribution < -0.4 is 0 Å². The number of hydrogen-bond donors (Lipinski definition) is 0. The van der Waals surface area contributed by atoms with Gasteiger partial charge in [0.2, 0.25) is 0 Å². The molecule has 1 aromatic carbocycles. The molecule has 0 N–H and O–H groups in total. The van der Waals surface area contributed by atoms with Crippen molar-refractivity contribution < 1.29 is 22.3 Å². The first-order valence-electron chi connectivity index (χ1n) is 9.67. The van der Waals surface area contributed by atoms with Gasteiger partial charge < -0.3 is 4.74 Å². The van der Waals surface area contributed by atoms with E-state index in [2.05, 4.69) is 4.98 Å². The monoisotopic (exact) mass is 395 g/mol. The van der Waals surface area contributed by atoms with Gasteiger partial charge in [0.15, 0.2) is 11.6 Å². The van der Waals surface area contributed by atoms with Gasteiger partial charge in [-0.15, -0.1) is 0 Å². The average Bonchev–Trinajstić information content (AvgIpc) is 2.68. The fraction of sp³-hybridized carbons (Fsp3) is 0.500. The Bertz CT molecular complexity index is 807. The third kappa shape index (κ3) is 4.22. The van der Waals surface area contributed by atoms with Crippen LogP contribution in [0.4, 0.5) is 17.6 Å². The highest BCUT2D eigenvalue weighted by molar-refractivity contribution is 5.61. The van der Waals surface area contributed by atoms with Gasteiger partial charge in [-0.2, -0.15) is 0 Å². The first-order chi connectivity index (χ1) is 13.4. The predicted octanol–water partition coefficient (Wildman–Crippen LogP) is 6.14. The lowest BCUT2D eigenvalue weighted by Gasteiger charge is -2.36. The molecule has 0 saturated heterocycles. The van der Waals surface area contributed by atoms with E-state index >= 15 is 0 Å². The molecule has 2 nitrogen and oxygen atoms in total. The highest BCUT2D eigenvalue weighted by Crippen LogP contribution is 2.48. The number of hydrogen-bond acceptors (Lipinski definition) is 2. The van der Waals surface area contributed by atoms with Crippen LogP contribution in [0.1, 0.15) is 49.7 Å². The molecule has 0 spiro atoms. The molecule has 2 aromatic rings. The Morgan fingerprint density at radius 1 is 1.11 bits per heavy atom. The molecule has 1 aliphatic rings. The quantitative estimate of drug-likeness (QED) is 0.548. The molecule has 152 valence electrons.